The molecule has 2 aromatic carbocycles. The second kappa shape index (κ2) is 8.49. The minimum Gasteiger partial charge on any atom is -0.497 e. The molecule has 1 amide bonds. The summed E-state index contributed by atoms with van der Waals surface area (Å²) >= 11 is 5.96. The SMILES string of the molecule is COc1ccc(OC)c(N(CC(=O)Nc2cc(Cl)ccc2C)S(C)(=O)=O)c1. The number of benzene rings is 2. The number of hydrogen-bond acceptors (Lipinski definition) is 5. The van der Waals surface area contributed by atoms with E-state index < -0.39 is 22.5 Å². The number of rotatable bonds is 7. The number of halogens is 1. The second-order valence-electron chi connectivity index (χ2n) is 5.81. The minimum absolute atomic E-state index is 0.206. The zero-order valence-electron chi connectivity index (χ0n) is 15.4. The van der Waals surface area contributed by atoms with E-state index in [4.69, 9.17) is 21.1 Å². The summed E-state index contributed by atoms with van der Waals surface area (Å²) in [6, 6.07) is 9.78. The number of hydrogen-bond donors (Lipinski definition) is 1. The number of nitrogens with zero attached hydrogens (tertiary/aromatic N) is 1. The Morgan fingerprint density at radius 2 is 1.85 bits per heavy atom. The van der Waals surface area contributed by atoms with Gasteiger partial charge in [0.05, 0.1) is 26.2 Å². The Hall–Kier alpha value is -2.45. The fourth-order valence-electron chi connectivity index (χ4n) is 2.42. The second-order valence-corrected chi connectivity index (χ2v) is 8.16. The van der Waals surface area contributed by atoms with Gasteiger partial charge < -0.3 is 14.8 Å². The van der Waals surface area contributed by atoms with Gasteiger partial charge in [-0.1, -0.05) is 17.7 Å². The van der Waals surface area contributed by atoms with Crippen LogP contribution in [-0.4, -0.2) is 41.3 Å². The van der Waals surface area contributed by atoms with Crippen LogP contribution >= 0.6 is 11.6 Å². The molecule has 1 N–H and O–H groups in total. The fourth-order valence-corrected chi connectivity index (χ4v) is 3.45. The molecule has 0 aliphatic carbocycles. The average Bonchev–Trinajstić information content (AvgIpc) is 2.61. The third kappa shape index (κ3) is 5.27. The molecule has 0 bridgehead atoms. The molecular weight excluding hydrogens is 392 g/mol. The van der Waals surface area contributed by atoms with Gasteiger partial charge in [0, 0.05) is 16.8 Å². The summed E-state index contributed by atoms with van der Waals surface area (Å²) in [5, 5.41) is 3.15. The van der Waals surface area contributed by atoms with Crippen molar-refractivity contribution in [3.05, 3.63) is 47.0 Å². The van der Waals surface area contributed by atoms with Crippen LogP contribution in [-0.2, 0) is 14.8 Å². The highest BCUT2D eigenvalue weighted by Gasteiger charge is 2.25. The number of carbonyl (C=O) groups is 1. The molecule has 2 aromatic rings. The highest BCUT2D eigenvalue weighted by Crippen LogP contribution is 2.33. The molecule has 0 saturated carbocycles. The van der Waals surface area contributed by atoms with Crippen molar-refractivity contribution in [2.75, 3.05) is 36.6 Å². The third-order valence-electron chi connectivity index (χ3n) is 3.82. The third-order valence-corrected chi connectivity index (χ3v) is 5.18. The lowest BCUT2D eigenvalue weighted by Gasteiger charge is -2.24. The zero-order valence-corrected chi connectivity index (χ0v) is 17.0. The van der Waals surface area contributed by atoms with Crippen LogP contribution in [0, 0.1) is 6.92 Å². The lowest BCUT2D eigenvalue weighted by atomic mass is 10.2. The smallest absolute Gasteiger partial charge is 0.245 e. The van der Waals surface area contributed by atoms with Crippen LogP contribution in [0.5, 0.6) is 11.5 Å². The van der Waals surface area contributed by atoms with Gasteiger partial charge in [0.25, 0.3) is 0 Å². The van der Waals surface area contributed by atoms with Crippen LogP contribution in [0.1, 0.15) is 5.56 Å². The molecule has 0 radical (unpaired) electrons. The maximum Gasteiger partial charge on any atom is 0.245 e. The predicted octanol–water partition coefficient (Wildman–Crippen LogP) is 3.07. The van der Waals surface area contributed by atoms with E-state index in [-0.39, 0.29) is 5.69 Å². The summed E-state index contributed by atoms with van der Waals surface area (Å²) in [6.45, 7) is 1.37. The molecule has 146 valence electrons. The first-order valence-electron chi connectivity index (χ1n) is 7.91. The lowest BCUT2D eigenvalue weighted by molar-refractivity contribution is -0.114. The molecule has 0 fully saturated rings. The Bertz CT molecular complexity index is 947. The molecule has 9 heteroatoms. The van der Waals surface area contributed by atoms with Gasteiger partial charge in [-0.3, -0.25) is 9.10 Å². The molecule has 0 aliphatic rings. The first-order chi connectivity index (χ1) is 12.7. The topological polar surface area (TPSA) is 84.9 Å². The van der Waals surface area contributed by atoms with Crippen molar-refractivity contribution in [3.8, 4) is 11.5 Å². The Morgan fingerprint density at radius 1 is 1.15 bits per heavy atom. The van der Waals surface area contributed by atoms with Crippen molar-refractivity contribution in [2.45, 2.75) is 6.92 Å². The Morgan fingerprint density at radius 3 is 2.44 bits per heavy atom. The van der Waals surface area contributed by atoms with Crippen LogP contribution in [0.4, 0.5) is 11.4 Å². The number of nitrogens with one attached hydrogen (secondary N) is 1. The van der Waals surface area contributed by atoms with Crippen molar-refractivity contribution in [1.82, 2.24) is 0 Å². The van der Waals surface area contributed by atoms with Gasteiger partial charge in [0.15, 0.2) is 0 Å². The van der Waals surface area contributed by atoms with Crippen molar-refractivity contribution in [3.63, 3.8) is 0 Å². The summed E-state index contributed by atoms with van der Waals surface area (Å²) in [5.41, 5.74) is 1.52. The van der Waals surface area contributed by atoms with Gasteiger partial charge >= 0.3 is 0 Å². The number of anilines is 2. The maximum absolute atomic E-state index is 12.5. The molecule has 2 rings (SSSR count). The van der Waals surface area contributed by atoms with Gasteiger partial charge in [-0.25, -0.2) is 8.42 Å². The van der Waals surface area contributed by atoms with Gasteiger partial charge in [0.1, 0.15) is 18.0 Å². The number of aryl methyl sites for hydroxylation is 1. The summed E-state index contributed by atoms with van der Waals surface area (Å²) in [4.78, 5) is 12.5. The molecule has 7 nitrogen and oxygen atoms in total. The lowest BCUT2D eigenvalue weighted by Crippen LogP contribution is -2.37. The first kappa shape index (κ1) is 20.9. The van der Waals surface area contributed by atoms with Crippen LogP contribution < -0.4 is 19.1 Å². The molecule has 0 unspecified atom stereocenters. The summed E-state index contributed by atoms with van der Waals surface area (Å²) in [6.07, 6.45) is 1.02. The van der Waals surface area contributed by atoms with Crippen molar-refractivity contribution in [2.24, 2.45) is 0 Å². The summed E-state index contributed by atoms with van der Waals surface area (Å²) in [7, 11) is -0.889. The largest absolute Gasteiger partial charge is 0.497 e. The molecule has 27 heavy (non-hydrogen) atoms. The number of methoxy groups -OCH3 is 2. The Balaban J connectivity index is 2.36. The summed E-state index contributed by atoms with van der Waals surface area (Å²) in [5.74, 6) is 0.217. The van der Waals surface area contributed by atoms with Gasteiger partial charge in [-0.05, 0) is 36.8 Å². The van der Waals surface area contributed by atoms with Crippen molar-refractivity contribution >= 4 is 38.9 Å². The molecule has 0 heterocycles. The van der Waals surface area contributed by atoms with Crippen LogP contribution in [0.15, 0.2) is 36.4 Å². The van der Waals surface area contributed by atoms with E-state index in [1.165, 1.54) is 20.3 Å². The molecule has 0 spiro atoms. The number of sulfonamides is 1. The quantitative estimate of drug-likeness (QED) is 0.755. The molecule has 0 atom stereocenters. The van der Waals surface area contributed by atoms with Gasteiger partial charge in [-0.15, -0.1) is 0 Å². The van der Waals surface area contributed by atoms with Crippen LogP contribution in [0.25, 0.3) is 0 Å². The standard InChI is InChI=1S/C18H21ClN2O5S/c1-12-5-6-13(19)9-15(12)20-18(22)11-21(27(4,23)24)16-10-14(25-2)7-8-17(16)26-3/h5-10H,11H2,1-4H3,(H,20,22). The van der Waals surface area contributed by atoms with Crippen LogP contribution in [0.3, 0.4) is 0 Å². The van der Waals surface area contributed by atoms with E-state index in [2.05, 4.69) is 5.32 Å². The van der Waals surface area contributed by atoms with E-state index in [0.717, 1.165) is 16.1 Å². The number of ether oxygens (including phenoxy) is 2. The fraction of sp³-hybridized carbons (Fsp3) is 0.278. The number of carbonyl (C=O) groups excluding carboxylic acids is 1. The average molecular weight is 413 g/mol. The molecule has 0 aliphatic heterocycles. The van der Waals surface area contributed by atoms with Gasteiger partial charge in [-0.2, -0.15) is 0 Å². The number of amides is 1. The highest BCUT2D eigenvalue weighted by molar-refractivity contribution is 7.92. The molecule has 0 aromatic heterocycles. The van der Waals surface area contributed by atoms with E-state index >= 15 is 0 Å². The van der Waals surface area contributed by atoms with E-state index in [1.54, 1.807) is 30.3 Å². The monoisotopic (exact) mass is 412 g/mol. The minimum atomic E-state index is -3.77. The van der Waals surface area contributed by atoms with Crippen molar-refractivity contribution in [1.29, 1.82) is 0 Å². The highest BCUT2D eigenvalue weighted by atomic mass is 35.5. The van der Waals surface area contributed by atoms with E-state index in [9.17, 15) is 13.2 Å². The van der Waals surface area contributed by atoms with Crippen molar-refractivity contribution < 1.29 is 22.7 Å². The Kier molecular flexibility index (Phi) is 6.56. The molecule has 0 saturated heterocycles. The normalized spacial score (nSPS) is 11.0. The Labute approximate surface area is 163 Å². The van der Waals surface area contributed by atoms with Crippen LogP contribution in [0.2, 0.25) is 5.02 Å². The van der Waals surface area contributed by atoms with E-state index in [1.807, 2.05) is 6.92 Å². The summed E-state index contributed by atoms with van der Waals surface area (Å²) < 4.78 is 36.0. The van der Waals surface area contributed by atoms with Gasteiger partial charge in [0.2, 0.25) is 15.9 Å². The predicted molar refractivity (Wildman–Crippen MR) is 107 cm³/mol. The first-order valence-corrected chi connectivity index (χ1v) is 10.1. The van der Waals surface area contributed by atoms with E-state index in [0.29, 0.717) is 22.2 Å². The zero-order chi connectivity index (χ0) is 20.2. The maximum atomic E-state index is 12.5. The molecular formula is C18H21ClN2O5S.